The number of benzene rings is 1. The summed E-state index contributed by atoms with van der Waals surface area (Å²) in [5.41, 5.74) is 3.54. The van der Waals surface area contributed by atoms with E-state index in [1.54, 1.807) is 0 Å². The third kappa shape index (κ3) is 1.88. The van der Waals surface area contributed by atoms with Crippen LogP contribution in [0.1, 0.15) is 58.1 Å². The molecule has 0 spiro atoms. The van der Waals surface area contributed by atoms with Crippen LogP contribution in [0, 0.1) is 5.41 Å². The number of fused-ring (bicyclic) bond motifs is 1. The maximum absolute atomic E-state index is 6.11. The van der Waals surface area contributed by atoms with Crippen molar-refractivity contribution in [2.45, 2.75) is 52.4 Å². The fourth-order valence-electron chi connectivity index (χ4n) is 2.92. The molecule has 0 saturated carbocycles. The van der Waals surface area contributed by atoms with Gasteiger partial charge in [0.25, 0.3) is 0 Å². The SMILES string of the molecule is CC1(C)CC(C(C)(C)C)c2ccc(Cl)cc21. The van der Waals surface area contributed by atoms with Crippen molar-refractivity contribution >= 4 is 11.6 Å². The molecular formula is C15H21Cl. The smallest absolute Gasteiger partial charge is 0.0409 e. The normalized spacial score (nSPS) is 23.2. The van der Waals surface area contributed by atoms with E-state index in [9.17, 15) is 0 Å². The van der Waals surface area contributed by atoms with Crippen molar-refractivity contribution < 1.29 is 0 Å². The van der Waals surface area contributed by atoms with Gasteiger partial charge in [0, 0.05) is 5.02 Å². The minimum Gasteiger partial charge on any atom is -0.0843 e. The maximum atomic E-state index is 6.11. The van der Waals surface area contributed by atoms with Crippen LogP contribution in [0.25, 0.3) is 0 Å². The second-order valence-electron chi connectivity index (χ2n) is 6.74. The van der Waals surface area contributed by atoms with Gasteiger partial charge in [-0.2, -0.15) is 0 Å². The van der Waals surface area contributed by atoms with Gasteiger partial charge in [-0.25, -0.2) is 0 Å². The third-order valence-corrected chi connectivity index (χ3v) is 4.11. The molecule has 0 nitrogen and oxygen atoms in total. The monoisotopic (exact) mass is 236 g/mol. The summed E-state index contributed by atoms with van der Waals surface area (Å²) >= 11 is 6.11. The first-order valence-corrected chi connectivity index (χ1v) is 6.39. The topological polar surface area (TPSA) is 0 Å². The van der Waals surface area contributed by atoms with Gasteiger partial charge in [-0.05, 0) is 46.4 Å². The van der Waals surface area contributed by atoms with E-state index in [4.69, 9.17) is 11.6 Å². The molecule has 0 aromatic heterocycles. The molecule has 1 unspecified atom stereocenters. The van der Waals surface area contributed by atoms with Crippen LogP contribution in [0.3, 0.4) is 0 Å². The Morgan fingerprint density at radius 2 is 1.88 bits per heavy atom. The van der Waals surface area contributed by atoms with Crippen LogP contribution >= 0.6 is 11.6 Å². The van der Waals surface area contributed by atoms with Crippen molar-refractivity contribution in [3.63, 3.8) is 0 Å². The molecule has 1 aliphatic rings. The predicted octanol–water partition coefficient (Wildman–Crippen LogP) is 5.15. The lowest BCUT2D eigenvalue weighted by Crippen LogP contribution is -2.19. The van der Waals surface area contributed by atoms with Crippen molar-refractivity contribution in [2.24, 2.45) is 5.41 Å². The molecule has 1 aromatic rings. The zero-order valence-electron chi connectivity index (χ0n) is 10.9. The lowest BCUT2D eigenvalue weighted by Gasteiger charge is -2.29. The zero-order chi connectivity index (χ0) is 12.1. The third-order valence-electron chi connectivity index (χ3n) is 3.88. The molecule has 2 rings (SSSR count). The molecule has 0 aliphatic heterocycles. The highest BCUT2D eigenvalue weighted by molar-refractivity contribution is 6.30. The van der Waals surface area contributed by atoms with Gasteiger partial charge in [-0.15, -0.1) is 0 Å². The highest BCUT2D eigenvalue weighted by atomic mass is 35.5. The van der Waals surface area contributed by atoms with Crippen LogP contribution in [0.2, 0.25) is 5.02 Å². The Kier molecular flexibility index (Phi) is 2.62. The summed E-state index contributed by atoms with van der Waals surface area (Å²) < 4.78 is 0. The van der Waals surface area contributed by atoms with Gasteiger partial charge in [0.05, 0.1) is 0 Å². The van der Waals surface area contributed by atoms with Gasteiger partial charge in [0.15, 0.2) is 0 Å². The molecule has 1 aromatic carbocycles. The molecule has 0 amide bonds. The van der Waals surface area contributed by atoms with E-state index in [1.807, 2.05) is 6.07 Å². The van der Waals surface area contributed by atoms with Crippen molar-refractivity contribution in [1.82, 2.24) is 0 Å². The van der Waals surface area contributed by atoms with Crippen LogP contribution < -0.4 is 0 Å². The maximum Gasteiger partial charge on any atom is 0.0409 e. The Labute approximate surface area is 104 Å². The average molecular weight is 237 g/mol. The van der Waals surface area contributed by atoms with E-state index in [-0.39, 0.29) is 5.41 Å². The van der Waals surface area contributed by atoms with Crippen LogP contribution in [0.4, 0.5) is 0 Å². The number of rotatable bonds is 0. The van der Waals surface area contributed by atoms with E-state index in [0.29, 0.717) is 11.3 Å². The predicted molar refractivity (Wildman–Crippen MR) is 71.3 cm³/mol. The van der Waals surface area contributed by atoms with E-state index in [0.717, 1.165) is 5.02 Å². The Hall–Kier alpha value is -0.490. The molecule has 0 bridgehead atoms. The van der Waals surface area contributed by atoms with E-state index in [1.165, 1.54) is 17.5 Å². The Bertz CT molecular complexity index is 410. The fraction of sp³-hybridized carbons (Fsp3) is 0.600. The highest BCUT2D eigenvalue weighted by Gasteiger charge is 2.41. The van der Waals surface area contributed by atoms with E-state index < -0.39 is 0 Å². The quantitative estimate of drug-likeness (QED) is 0.584. The van der Waals surface area contributed by atoms with Gasteiger partial charge >= 0.3 is 0 Å². The van der Waals surface area contributed by atoms with Gasteiger partial charge in [-0.1, -0.05) is 52.3 Å². The van der Waals surface area contributed by atoms with Crippen molar-refractivity contribution in [2.75, 3.05) is 0 Å². The molecule has 1 aliphatic carbocycles. The first-order valence-electron chi connectivity index (χ1n) is 6.02. The first-order chi connectivity index (χ1) is 7.22. The molecule has 0 fully saturated rings. The molecule has 0 radical (unpaired) electrons. The molecule has 0 heterocycles. The van der Waals surface area contributed by atoms with Gasteiger partial charge < -0.3 is 0 Å². The number of hydrogen-bond donors (Lipinski definition) is 0. The minimum atomic E-state index is 0.262. The summed E-state index contributed by atoms with van der Waals surface area (Å²) in [6.45, 7) is 11.6. The first kappa shape index (κ1) is 12.0. The summed E-state index contributed by atoms with van der Waals surface area (Å²) in [5.74, 6) is 0.648. The highest BCUT2D eigenvalue weighted by Crippen LogP contribution is 2.53. The standard InChI is InChI=1S/C15H21Cl/c1-14(2,3)13-9-15(4,5)12-8-10(16)6-7-11(12)13/h6-8,13H,9H2,1-5H3. The summed E-state index contributed by atoms with van der Waals surface area (Å²) in [5, 5.41) is 0.862. The second kappa shape index (κ2) is 3.50. The van der Waals surface area contributed by atoms with Gasteiger partial charge in [0.1, 0.15) is 0 Å². The van der Waals surface area contributed by atoms with E-state index >= 15 is 0 Å². The van der Waals surface area contributed by atoms with Crippen LogP contribution in [-0.4, -0.2) is 0 Å². The lowest BCUT2D eigenvalue weighted by molar-refractivity contribution is 0.289. The van der Waals surface area contributed by atoms with Crippen LogP contribution in [0.5, 0.6) is 0 Å². The van der Waals surface area contributed by atoms with Gasteiger partial charge in [0.2, 0.25) is 0 Å². The molecule has 0 saturated heterocycles. The summed E-state index contributed by atoms with van der Waals surface area (Å²) in [6, 6.07) is 6.41. The Balaban J connectivity index is 2.56. The van der Waals surface area contributed by atoms with Crippen molar-refractivity contribution in [3.8, 4) is 0 Å². The molecule has 1 heteroatoms. The largest absolute Gasteiger partial charge is 0.0843 e. The molecule has 88 valence electrons. The Morgan fingerprint density at radius 1 is 1.25 bits per heavy atom. The number of hydrogen-bond acceptors (Lipinski definition) is 0. The minimum absolute atomic E-state index is 0.262. The molecule has 16 heavy (non-hydrogen) atoms. The van der Waals surface area contributed by atoms with Crippen LogP contribution in [-0.2, 0) is 5.41 Å². The second-order valence-corrected chi connectivity index (χ2v) is 7.17. The molecule has 1 atom stereocenters. The van der Waals surface area contributed by atoms with Crippen molar-refractivity contribution in [1.29, 1.82) is 0 Å². The summed E-state index contributed by atoms with van der Waals surface area (Å²) in [6.07, 6.45) is 1.23. The van der Waals surface area contributed by atoms with Crippen molar-refractivity contribution in [3.05, 3.63) is 34.3 Å². The molecule has 0 N–H and O–H groups in total. The Morgan fingerprint density at radius 3 is 2.44 bits per heavy atom. The summed E-state index contributed by atoms with van der Waals surface area (Å²) in [4.78, 5) is 0. The fourth-order valence-corrected chi connectivity index (χ4v) is 3.09. The zero-order valence-corrected chi connectivity index (χ0v) is 11.7. The van der Waals surface area contributed by atoms with E-state index in [2.05, 4.69) is 46.8 Å². The van der Waals surface area contributed by atoms with Gasteiger partial charge in [-0.3, -0.25) is 0 Å². The molecular weight excluding hydrogens is 216 g/mol. The lowest BCUT2D eigenvalue weighted by atomic mass is 9.75. The summed E-state index contributed by atoms with van der Waals surface area (Å²) in [7, 11) is 0. The number of halogens is 1. The average Bonchev–Trinajstić information content (AvgIpc) is 2.38. The van der Waals surface area contributed by atoms with Crippen LogP contribution in [0.15, 0.2) is 18.2 Å².